The van der Waals surface area contributed by atoms with E-state index in [1.807, 2.05) is 44.4 Å². The number of benzene rings is 2. The van der Waals surface area contributed by atoms with Crippen molar-refractivity contribution in [3.8, 4) is 17.2 Å². The summed E-state index contributed by atoms with van der Waals surface area (Å²) in [5, 5.41) is 2.72. The van der Waals surface area contributed by atoms with Gasteiger partial charge in [0.25, 0.3) is 5.91 Å². The van der Waals surface area contributed by atoms with Gasteiger partial charge in [-0.1, -0.05) is 0 Å². The molecule has 0 aliphatic heterocycles. The zero-order chi connectivity index (χ0) is 19.9. The molecule has 1 N–H and O–H groups in total. The van der Waals surface area contributed by atoms with Gasteiger partial charge in [-0.25, -0.2) is 4.98 Å². The van der Waals surface area contributed by atoms with Gasteiger partial charge in [0.15, 0.2) is 5.82 Å². The number of carbonyl (C=O) groups is 1. The number of carbonyl (C=O) groups excluding carboxylic acids is 1. The van der Waals surface area contributed by atoms with Crippen LogP contribution in [0, 0.1) is 0 Å². The molecule has 7 heteroatoms. The molecule has 0 radical (unpaired) electrons. The van der Waals surface area contributed by atoms with Gasteiger partial charge in [0.1, 0.15) is 17.2 Å². The largest absolute Gasteiger partial charge is 0.491 e. The third-order valence-corrected chi connectivity index (χ3v) is 4.36. The van der Waals surface area contributed by atoms with Gasteiger partial charge in [-0.15, -0.1) is 11.8 Å². The number of hydrogen-bond donors (Lipinski definition) is 1. The van der Waals surface area contributed by atoms with Crippen LogP contribution in [-0.2, 0) is 0 Å². The predicted molar refractivity (Wildman–Crippen MR) is 110 cm³/mol. The van der Waals surface area contributed by atoms with Gasteiger partial charge in [0.2, 0.25) is 0 Å². The highest BCUT2D eigenvalue weighted by atomic mass is 32.2. The van der Waals surface area contributed by atoms with Gasteiger partial charge in [-0.3, -0.25) is 9.78 Å². The minimum atomic E-state index is -0.322. The fraction of sp³-hybridized carbons (Fsp3) is 0.190. The van der Waals surface area contributed by atoms with Crippen LogP contribution >= 0.6 is 11.8 Å². The van der Waals surface area contributed by atoms with Crippen molar-refractivity contribution in [1.29, 1.82) is 0 Å². The average Bonchev–Trinajstić information content (AvgIpc) is 2.68. The maximum atomic E-state index is 12.6. The van der Waals surface area contributed by atoms with Gasteiger partial charge in [-0.05, 0) is 56.5 Å². The minimum absolute atomic E-state index is 0.0352. The van der Waals surface area contributed by atoms with E-state index in [0.29, 0.717) is 28.6 Å². The van der Waals surface area contributed by atoms with E-state index in [9.17, 15) is 4.79 Å². The fourth-order valence-corrected chi connectivity index (χ4v) is 2.84. The molecule has 0 atom stereocenters. The van der Waals surface area contributed by atoms with Crippen LogP contribution in [0.25, 0.3) is 0 Å². The van der Waals surface area contributed by atoms with Gasteiger partial charge in [-0.2, -0.15) is 0 Å². The summed E-state index contributed by atoms with van der Waals surface area (Å²) in [6, 6.07) is 12.9. The SMILES string of the molecule is CSc1ccc(Oc2cc(OC(C)C)cc(C(=O)Nc3cnccn3)c2)cc1. The number of nitrogens with zero attached hydrogens (tertiary/aromatic N) is 2. The van der Waals surface area contributed by atoms with Crippen molar-refractivity contribution in [2.24, 2.45) is 0 Å². The van der Waals surface area contributed by atoms with Crippen LogP contribution in [0.4, 0.5) is 5.82 Å². The second-order valence-electron chi connectivity index (χ2n) is 6.18. The Kier molecular flexibility index (Phi) is 6.49. The fourth-order valence-electron chi connectivity index (χ4n) is 2.43. The molecule has 144 valence electrons. The first-order chi connectivity index (χ1) is 13.5. The van der Waals surface area contributed by atoms with Gasteiger partial charge in [0, 0.05) is 28.9 Å². The summed E-state index contributed by atoms with van der Waals surface area (Å²) in [4.78, 5) is 21.8. The van der Waals surface area contributed by atoms with Gasteiger partial charge in [0.05, 0.1) is 12.3 Å². The smallest absolute Gasteiger partial charge is 0.257 e. The molecule has 1 heterocycles. The van der Waals surface area contributed by atoms with E-state index < -0.39 is 0 Å². The Morgan fingerprint density at radius 2 is 1.79 bits per heavy atom. The lowest BCUT2D eigenvalue weighted by atomic mass is 10.2. The van der Waals surface area contributed by atoms with E-state index in [1.165, 1.54) is 12.4 Å². The van der Waals surface area contributed by atoms with Crippen molar-refractivity contribution in [3.63, 3.8) is 0 Å². The third-order valence-electron chi connectivity index (χ3n) is 3.61. The number of aromatic nitrogens is 2. The monoisotopic (exact) mass is 395 g/mol. The summed E-state index contributed by atoms with van der Waals surface area (Å²) < 4.78 is 11.7. The second kappa shape index (κ2) is 9.23. The molecule has 0 unspecified atom stereocenters. The lowest BCUT2D eigenvalue weighted by Crippen LogP contribution is -2.14. The number of thioether (sulfide) groups is 1. The zero-order valence-corrected chi connectivity index (χ0v) is 16.7. The Morgan fingerprint density at radius 3 is 2.43 bits per heavy atom. The molecule has 6 nitrogen and oxygen atoms in total. The van der Waals surface area contributed by atoms with Crippen molar-refractivity contribution in [2.75, 3.05) is 11.6 Å². The summed E-state index contributed by atoms with van der Waals surface area (Å²) in [5.41, 5.74) is 0.402. The molecule has 0 aliphatic carbocycles. The molecule has 3 aromatic rings. The summed E-state index contributed by atoms with van der Waals surface area (Å²) in [6.45, 7) is 3.85. The van der Waals surface area contributed by atoms with Crippen LogP contribution in [0.1, 0.15) is 24.2 Å². The zero-order valence-electron chi connectivity index (χ0n) is 15.9. The number of nitrogens with one attached hydrogen (secondary N) is 1. The highest BCUT2D eigenvalue weighted by molar-refractivity contribution is 7.98. The average molecular weight is 395 g/mol. The highest BCUT2D eigenvalue weighted by Gasteiger charge is 2.13. The molecule has 1 aromatic heterocycles. The van der Waals surface area contributed by atoms with E-state index in [4.69, 9.17) is 9.47 Å². The first-order valence-electron chi connectivity index (χ1n) is 8.74. The molecule has 0 saturated carbocycles. The minimum Gasteiger partial charge on any atom is -0.491 e. The van der Waals surface area contributed by atoms with E-state index in [0.717, 1.165) is 4.90 Å². The Hall–Kier alpha value is -3.06. The maximum Gasteiger partial charge on any atom is 0.257 e. The molecule has 0 spiro atoms. The summed E-state index contributed by atoms with van der Waals surface area (Å²) in [7, 11) is 0. The van der Waals surface area contributed by atoms with Crippen molar-refractivity contribution in [2.45, 2.75) is 24.8 Å². The van der Waals surface area contributed by atoms with Crippen LogP contribution in [0.15, 0.2) is 66.0 Å². The lowest BCUT2D eigenvalue weighted by Gasteiger charge is -2.14. The quantitative estimate of drug-likeness (QED) is 0.566. The van der Waals surface area contributed by atoms with Crippen LogP contribution in [0.2, 0.25) is 0 Å². The Morgan fingerprint density at radius 1 is 1.04 bits per heavy atom. The van der Waals surface area contributed by atoms with Gasteiger partial charge >= 0.3 is 0 Å². The maximum absolute atomic E-state index is 12.6. The first kappa shape index (κ1) is 19.7. The molecule has 1 amide bonds. The predicted octanol–water partition coefficient (Wildman–Crippen LogP) is 5.03. The van der Waals surface area contributed by atoms with Crippen molar-refractivity contribution in [1.82, 2.24) is 9.97 Å². The number of rotatable bonds is 7. The van der Waals surface area contributed by atoms with Crippen molar-refractivity contribution >= 4 is 23.5 Å². The number of anilines is 1. The molecule has 0 bridgehead atoms. The topological polar surface area (TPSA) is 73.3 Å². The Balaban J connectivity index is 1.86. The van der Waals surface area contributed by atoms with Crippen LogP contribution in [0.3, 0.4) is 0 Å². The number of ether oxygens (including phenoxy) is 2. The molecular formula is C21H21N3O3S. The first-order valence-corrected chi connectivity index (χ1v) is 9.97. The van der Waals surface area contributed by atoms with Crippen molar-refractivity contribution < 1.29 is 14.3 Å². The summed E-state index contributed by atoms with van der Waals surface area (Å²) in [6.07, 6.45) is 6.52. The van der Waals surface area contributed by atoms with Crippen LogP contribution < -0.4 is 14.8 Å². The molecule has 0 aliphatic rings. The summed E-state index contributed by atoms with van der Waals surface area (Å²) in [5.74, 6) is 1.80. The lowest BCUT2D eigenvalue weighted by molar-refractivity contribution is 0.102. The molecule has 0 saturated heterocycles. The molecule has 3 rings (SSSR count). The van der Waals surface area contributed by atoms with E-state index in [1.54, 1.807) is 36.2 Å². The molecular weight excluding hydrogens is 374 g/mol. The molecule has 0 fully saturated rings. The molecule has 28 heavy (non-hydrogen) atoms. The van der Waals surface area contributed by atoms with Crippen molar-refractivity contribution in [3.05, 3.63) is 66.6 Å². The standard InChI is InChI=1S/C21H21N3O3S/c1-14(2)26-17-10-15(21(25)24-20-13-22-8-9-23-20)11-18(12-17)27-16-4-6-19(28-3)7-5-16/h4-14H,1-3H3,(H,23,24,25). The van der Waals surface area contributed by atoms with E-state index in [-0.39, 0.29) is 12.0 Å². The Bertz CT molecular complexity index is 931. The summed E-state index contributed by atoms with van der Waals surface area (Å²) >= 11 is 1.66. The van der Waals surface area contributed by atoms with E-state index >= 15 is 0 Å². The Labute approximate surface area is 168 Å². The third kappa shape index (κ3) is 5.47. The molecule has 2 aromatic carbocycles. The van der Waals surface area contributed by atoms with E-state index in [2.05, 4.69) is 15.3 Å². The highest BCUT2D eigenvalue weighted by Crippen LogP contribution is 2.29. The van der Waals surface area contributed by atoms with Gasteiger partial charge < -0.3 is 14.8 Å². The van der Waals surface area contributed by atoms with Crippen LogP contribution in [-0.4, -0.2) is 28.2 Å². The number of amides is 1. The normalized spacial score (nSPS) is 10.6. The second-order valence-corrected chi connectivity index (χ2v) is 7.06. The van der Waals surface area contributed by atoms with Crippen LogP contribution in [0.5, 0.6) is 17.2 Å². The number of hydrogen-bond acceptors (Lipinski definition) is 6.